The molecule has 1 aromatic carbocycles. The maximum absolute atomic E-state index is 10.4. The molecule has 0 amide bonds. The average molecular weight is 525 g/mol. The van der Waals surface area contributed by atoms with Crippen LogP contribution in [0.15, 0.2) is 24.5 Å². The van der Waals surface area contributed by atoms with Gasteiger partial charge in [0.1, 0.15) is 0 Å². The molecule has 4 heterocycles. The Hall–Kier alpha value is -2.09. The maximum atomic E-state index is 10.4. The van der Waals surface area contributed by atoms with E-state index >= 15 is 0 Å². The number of piperidine rings is 1. The molecule has 2 aliphatic heterocycles. The van der Waals surface area contributed by atoms with Crippen molar-refractivity contribution in [1.29, 1.82) is 0 Å². The van der Waals surface area contributed by atoms with Crippen LogP contribution in [0.3, 0.4) is 0 Å². The monoisotopic (exact) mass is 524 g/mol. The van der Waals surface area contributed by atoms with Crippen molar-refractivity contribution in [2.45, 2.75) is 43.4 Å². The largest absolute Gasteiger partial charge is 0.390 e. The van der Waals surface area contributed by atoms with Crippen molar-refractivity contribution in [2.75, 3.05) is 31.6 Å². The first kappa shape index (κ1) is 24.6. The van der Waals surface area contributed by atoms with Gasteiger partial charge in [-0.25, -0.2) is 9.97 Å². The Morgan fingerprint density at radius 3 is 2.54 bits per heavy atom. The molecule has 3 aromatic rings. The topological polar surface area (TPSA) is 149 Å². The molecule has 13 heteroatoms. The molecule has 2 atom stereocenters. The Morgan fingerprint density at radius 2 is 1.91 bits per heavy atom. The lowest BCUT2D eigenvalue weighted by Gasteiger charge is -2.43. The van der Waals surface area contributed by atoms with Crippen LogP contribution in [0.1, 0.15) is 31.2 Å². The molecule has 11 nitrogen and oxygen atoms in total. The van der Waals surface area contributed by atoms with Crippen molar-refractivity contribution in [3.8, 4) is 0 Å². The van der Waals surface area contributed by atoms with Crippen LogP contribution in [-0.4, -0.2) is 83.0 Å². The number of aromatic nitrogens is 4. The zero-order valence-corrected chi connectivity index (χ0v) is 20.4. The van der Waals surface area contributed by atoms with Gasteiger partial charge in [0.2, 0.25) is 5.95 Å². The van der Waals surface area contributed by atoms with E-state index in [-0.39, 0.29) is 28.2 Å². The van der Waals surface area contributed by atoms with E-state index in [2.05, 4.69) is 32.2 Å². The highest BCUT2D eigenvalue weighted by molar-refractivity contribution is 6.32. The second-order valence-electron chi connectivity index (χ2n) is 9.26. The molecule has 1 unspecified atom stereocenters. The Kier molecular flexibility index (Phi) is 6.39. The number of likely N-dealkylation sites (tertiary alicyclic amines) is 1. The number of anilines is 2. The molecule has 2 fully saturated rings. The summed E-state index contributed by atoms with van der Waals surface area (Å²) in [5, 5.41) is 46.0. The fourth-order valence-corrected chi connectivity index (χ4v) is 5.42. The third kappa shape index (κ3) is 4.58. The molecule has 2 aromatic heterocycles. The summed E-state index contributed by atoms with van der Waals surface area (Å²) in [6.45, 7) is 4.61. The molecule has 2 aliphatic rings. The van der Waals surface area contributed by atoms with Gasteiger partial charge in [0.15, 0.2) is 5.15 Å². The zero-order chi connectivity index (χ0) is 25.0. The first-order valence-electron chi connectivity index (χ1n) is 11.2. The third-order valence-electron chi connectivity index (χ3n) is 6.98. The van der Waals surface area contributed by atoms with Crippen molar-refractivity contribution in [1.82, 2.24) is 24.6 Å². The zero-order valence-electron chi connectivity index (χ0n) is 18.9. The van der Waals surface area contributed by atoms with Crippen LogP contribution in [0, 0.1) is 0 Å². The van der Waals surface area contributed by atoms with Crippen LogP contribution in [-0.2, 0) is 10.8 Å². The highest BCUT2D eigenvalue weighted by Crippen LogP contribution is 2.38. The van der Waals surface area contributed by atoms with E-state index < -0.39 is 12.2 Å². The van der Waals surface area contributed by atoms with E-state index in [4.69, 9.17) is 27.9 Å². The van der Waals surface area contributed by atoms with Crippen LogP contribution in [0.4, 0.5) is 11.6 Å². The van der Waals surface area contributed by atoms with Crippen molar-refractivity contribution < 1.29 is 25.2 Å². The number of halogens is 2. The molecule has 35 heavy (non-hydrogen) atoms. The van der Waals surface area contributed by atoms with Crippen LogP contribution in [0.2, 0.25) is 10.2 Å². The minimum atomic E-state index is -3.23. The minimum absolute atomic E-state index is 0.181. The van der Waals surface area contributed by atoms with Gasteiger partial charge in [0, 0.05) is 16.6 Å². The van der Waals surface area contributed by atoms with E-state index in [0.717, 1.165) is 36.9 Å². The quantitative estimate of drug-likeness (QED) is 0.312. The average Bonchev–Trinajstić information content (AvgIpc) is 3.36. The Morgan fingerprint density at radius 1 is 1.17 bits per heavy atom. The lowest BCUT2D eigenvalue weighted by atomic mass is 9.85. The van der Waals surface area contributed by atoms with Crippen molar-refractivity contribution in [3.63, 3.8) is 0 Å². The fraction of sp³-hybridized carbons (Fsp3) is 0.500. The molecule has 0 radical (unpaired) electrons. The Balaban J connectivity index is 1.35. The molecule has 0 spiro atoms. The number of hydrogen-bond donors (Lipinski definition) is 5. The fourth-order valence-electron chi connectivity index (χ4n) is 4.84. The molecule has 0 saturated carbocycles. The molecule has 5 N–H and O–H groups in total. The Bertz CT molecular complexity index is 1240. The van der Waals surface area contributed by atoms with Gasteiger partial charge in [0.05, 0.1) is 42.3 Å². The molecule has 5 rings (SSSR count). The number of nitrogens with one attached hydrogen (secondary N) is 1. The molecular weight excluding hydrogens is 499 g/mol. The van der Waals surface area contributed by atoms with Gasteiger partial charge in [-0.05, 0) is 56.5 Å². The number of aliphatic hydroxyl groups is 4. The van der Waals surface area contributed by atoms with Crippen molar-refractivity contribution in [2.24, 2.45) is 0 Å². The molecule has 188 valence electrons. The highest BCUT2D eigenvalue weighted by Gasteiger charge is 2.45. The van der Waals surface area contributed by atoms with E-state index in [9.17, 15) is 20.4 Å². The second-order valence-corrected chi connectivity index (χ2v) is 10.0. The third-order valence-corrected chi connectivity index (χ3v) is 7.68. The van der Waals surface area contributed by atoms with E-state index in [1.54, 1.807) is 6.20 Å². The van der Waals surface area contributed by atoms with Gasteiger partial charge in [-0.15, -0.1) is 0 Å². The molecule has 0 aliphatic carbocycles. The lowest BCUT2D eigenvalue weighted by Crippen LogP contribution is -2.56. The lowest BCUT2D eigenvalue weighted by molar-refractivity contribution is -0.380. The number of ether oxygens (including phenoxy) is 1. The van der Waals surface area contributed by atoms with E-state index in [1.165, 1.54) is 6.20 Å². The second kappa shape index (κ2) is 9.09. The van der Waals surface area contributed by atoms with Crippen LogP contribution < -0.4 is 5.32 Å². The van der Waals surface area contributed by atoms with E-state index in [1.807, 2.05) is 12.1 Å². The number of aliphatic hydroxyl groups excluding tert-OH is 1. The normalized spacial score (nSPS) is 24.4. The predicted molar refractivity (Wildman–Crippen MR) is 128 cm³/mol. The molecule has 0 bridgehead atoms. The SMILES string of the molecule is C[C@@]1(N2CCC(c3cc4nc(Nc5cnn(C(O)(O)O)c5Cl)ncc4cc3Cl)CC2)COCC1O. The smallest absolute Gasteiger partial charge is 0.389 e. The first-order chi connectivity index (χ1) is 16.6. The van der Waals surface area contributed by atoms with Crippen LogP contribution in [0.5, 0.6) is 0 Å². The van der Waals surface area contributed by atoms with Gasteiger partial charge < -0.3 is 30.5 Å². The van der Waals surface area contributed by atoms with Crippen LogP contribution >= 0.6 is 23.2 Å². The predicted octanol–water partition coefficient (Wildman–Crippen LogP) is 1.75. The molecule has 2 saturated heterocycles. The maximum Gasteiger partial charge on any atom is 0.390 e. The molecular formula is C22H26Cl2N6O5. The van der Waals surface area contributed by atoms with Gasteiger partial charge in [-0.1, -0.05) is 23.2 Å². The van der Waals surface area contributed by atoms with Crippen molar-refractivity contribution >= 4 is 45.7 Å². The minimum Gasteiger partial charge on any atom is -0.389 e. The summed E-state index contributed by atoms with van der Waals surface area (Å²) in [5.41, 5.74) is 1.51. The van der Waals surface area contributed by atoms with Gasteiger partial charge in [-0.2, -0.15) is 9.78 Å². The summed E-state index contributed by atoms with van der Waals surface area (Å²) < 4.78 is 5.93. The number of fused-ring (bicyclic) bond motifs is 1. The van der Waals surface area contributed by atoms with Crippen molar-refractivity contribution in [3.05, 3.63) is 40.3 Å². The summed E-state index contributed by atoms with van der Waals surface area (Å²) >= 11 is 12.7. The number of nitrogens with zero attached hydrogens (tertiary/aromatic N) is 5. The van der Waals surface area contributed by atoms with Gasteiger partial charge in [0.25, 0.3) is 0 Å². The highest BCUT2D eigenvalue weighted by atomic mass is 35.5. The summed E-state index contributed by atoms with van der Waals surface area (Å²) in [4.78, 5) is 11.1. The summed E-state index contributed by atoms with van der Waals surface area (Å²) in [7, 11) is 0. The summed E-state index contributed by atoms with van der Waals surface area (Å²) in [6, 6.07) is 3.81. The summed E-state index contributed by atoms with van der Waals surface area (Å²) in [6.07, 6.45) is 0.894. The van der Waals surface area contributed by atoms with Gasteiger partial charge in [-0.3, -0.25) is 4.90 Å². The van der Waals surface area contributed by atoms with E-state index in [0.29, 0.717) is 28.4 Å². The summed E-state index contributed by atoms with van der Waals surface area (Å²) in [5.74, 6) is 0.460. The number of hydrogen-bond acceptors (Lipinski definition) is 10. The standard InChI is InChI=1S/C22H26Cl2N6O5/c1-21(11-35-10-18(21)31)29-4-2-12(3-5-29)14-7-16-13(6-15(14)23)8-25-20(27-16)28-17-9-26-30(19(17)24)22(32,33)34/h6-9,12,18,31-34H,2-5,10-11H2,1H3,(H,25,27,28)/t18?,21-/m1/s1. The number of benzene rings is 1. The van der Waals surface area contributed by atoms with Gasteiger partial charge >= 0.3 is 6.10 Å². The van der Waals surface area contributed by atoms with Crippen LogP contribution in [0.25, 0.3) is 10.9 Å². The number of rotatable bonds is 5. The first-order valence-corrected chi connectivity index (χ1v) is 12.0. The Labute approximate surface area is 210 Å².